The van der Waals surface area contributed by atoms with E-state index >= 15 is 0 Å². The molecular formula is C22H26ClN3O4S. The molecule has 1 saturated heterocycles. The number of hydrogen-bond donors (Lipinski definition) is 1. The number of amides is 2. The van der Waals surface area contributed by atoms with Crippen LogP contribution in [0.15, 0.2) is 48.5 Å². The molecule has 31 heavy (non-hydrogen) atoms. The molecule has 2 aromatic rings. The van der Waals surface area contributed by atoms with Gasteiger partial charge in [-0.2, -0.15) is 4.31 Å². The van der Waals surface area contributed by atoms with Crippen LogP contribution in [0, 0.1) is 6.92 Å². The molecule has 9 heteroatoms. The second kappa shape index (κ2) is 8.98. The average Bonchev–Trinajstić information content (AvgIpc) is 2.74. The van der Waals surface area contributed by atoms with E-state index in [1.54, 1.807) is 25.1 Å². The normalized spacial score (nSPS) is 20.0. The second-order valence-corrected chi connectivity index (χ2v) is 10.4. The molecule has 7 nitrogen and oxygen atoms in total. The standard InChI is InChI=1S/C22H26ClN3O4S/c1-4-31(29,30)25-14-20(27)26(18-11-10-16(2)19(23)12-18)22(3,15-25)21(28)24-13-17-8-6-5-7-9-17/h5-12H,4,13-15H2,1-3H3,(H,24,28)/t22-/m0/s1. The molecule has 2 amide bonds. The average molecular weight is 464 g/mol. The lowest BCUT2D eigenvalue weighted by molar-refractivity contribution is -0.133. The monoisotopic (exact) mass is 463 g/mol. The molecule has 166 valence electrons. The number of nitrogens with one attached hydrogen (secondary N) is 1. The lowest BCUT2D eigenvalue weighted by atomic mass is 9.94. The van der Waals surface area contributed by atoms with E-state index in [0.717, 1.165) is 15.4 Å². The molecule has 0 unspecified atom stereocenters. The first-order chi connectivity index (χ1) is 14.6. The maximum Gasteiger partial charge on any atom is 0.247 e. The zero-order chi connectivity index (χ0) is 22.8. The first-order valence-corrected chi connectivity index (χ1v) is 12.0. The van der Waals surface area contributed by atoms with Gasteiger partial charge in [0.15, 0.2) is 0 Å². The van der Waals surface area contributed by atoms with Gasteiger partial charge in [-0.15, -0.1) is 0 Å². The van der Waals surface area contributed by atoms with Crippen molar-refractivity contribution < 1.29 is 18.0 Å². The molecule has 1 atom stereocenters. The molecule has 1 aliphatic rings. The summed E-state index contributed by atoms with van der Waals surface area (Å²) in [4.78, 5) is 27.9. The van der Waals surface area contributed by atoms with Crippen molar-refractivity contribution in [1.82, 2.24) is 9.62 Å². The molecule has 0 saturated carbocycles. The van der Waals surface area contributed by atoms with Gasteiger partial charge in [-0.05, 0) is 44.0 Å². The van der Waals surface area contributed by atoms with Gasteiger partial charge in [-0.1, -0.05) is 48.0 Å². The van der Waals surface area contributed by atoms with Gasteiger partial charge >= 0.3 is 0 Å². The smallest absolute Gasteiger partial charge is 0.247 e. The Kier molecular flexibility index (Phi) is 6.73. The number of nitrogens with zero attached hydrogens (tertiary/aromatic N) is 2. The number of anilines is 1. The van der Waals surface area contributed by atoms with Gasteiger partial charge in [0.25, 0.3) is 0 Å². The minimum absolute atomic E-state index is 0.152. The van der Waals surface area contributed by atoms with Gasteiger partial charge in [-0.25, -0.2) is 8.42 Å². The van der Waals surface area contributed by atoms with Gasteiger partial charge in [0, 0.05) is 23.8 Å². The minimum Gasteiger partial charge on any atom is -0.350 e. The van der Waals surface area contributed by atoms with Crippen molar-refractivity contribution in [2.45, 2.75) is 32.9 Å². The number of sulfonamides is 1. The third-order valence-electron chi connectivity index (χ3n) is 5.50. The molecular weight excluding hydrogens is 438 g/mol. The number of benzene rings is 2. The summed E-state index contributed by atoms with van der Waals surface area (Å²) in [5, 5.41) is 3.32. The fourth-order valence-electron chi connectivity index (χ4n) is 3.64. The van der Waals surface area contributed by atoms with Crippen molar-refractivity contribution in [3.63, 3.8) is 0 Å². The highest BCUT2D eigenvalue weighted by molar-refractivity contribution is 7.89. The number of halogens is 1. The van der Waals surface area contributed by atoms with Crippen LogP contribution in [0.25, 0.3) is 0 Å². The Morgan fingerprint density at radius 2 is 1.87 bits per heavy atom. The summed E-state index contributed by atoms with van der Waals surface area (Å²) in [5.41, 5.74) is 0.724. The number of piperazine rings is 1. The molecule has 0 bridgehead atoms. The van der Waals surface area contributed by atoms with Crippen molar-refractivity contribution in [2.75, 3.05) is 23.7 Å². The van der Waals surface area contributed by atoms with Crippen molar-refractivity contribution >= 4 is 39.1 Å². The van der Waals surface area contributed by atoms with Crippen LogP contribution in [0.1, 0.15) is 25.0 Å². The molecule has 0 aliphatic carbocycles. The van der Waals surface area contributed by atoms with Gasteiger partial charge in [0.05, 0.1) is 12.3 Å². The molecule has 0 spiro atoms. The van der Waals surface area contributed by atoms with Crippen LogP contribution in [0.2, 0.25) is 5.02 Å². The topological polar surface area (TPSA) is 86.8 Å². The highest BCUT2D eigenvalue weighted by Gasteiger charge is 2.50. The van der Waals surface area contributed by atoms with Crippen LogP contribution in [0.5, 0.6) is 0 Å². The van der Waals surface area contributed by atoms with Crippen molar-refractivity contribution in [3.05, 3.63) is 64.7 Å². The molecule has 1 fully saturated rings. The molecule has 2 aromatic carbocycles. The van der Waals surface area contributed by atoms with Crippen molar-refractivity contribution in [3.8, 4) is 0 Å². The van der Waals surface area contributed by atoms with Gasteiger partial charge in [0.2, 0.25) is 21.8 Å². The van der Waals surface area contributed by atoms with E-state index in [1.807, 2.05) is 37.3 Å². The fourth-order valence-corrected chi connectivity index (χ4v) is 4.93. The van der Waals surface area contributed by atoms with E-state index in [9.17, 15) is 18.0 Å². The van der Waals surface area contributed by atoms with Crippen LogP contribution in [0.3, 0.4) is 0 Å². The number of aryl methyl sites for hydroxylation is 1. The summed E-state index contributed by atoms with van der Waals surface area (Å²) in [7, 11) is -3.67. The van der Waals surface area contributed by atoms with E-state index < -0.39 is 27.4 Å². The maximum absolute atomic E-state index is 13.4. The zero-order valence-electron chi connectivity index (χ0n) is 17.8. The summed E-state index contributed by atoms with van der Waals surface area (Å²) in [6, 6.07) is 14.5. The first-order valence-electron chi connectivity index (χ1n) is 9.98. The quantitative estimate of drug-likeness (QED) is 0.713. The molecule has 1 aliphatic heterocycles. The van der Waals surface area contributed by atoms with Gasteiger partial charge in [-0.3, -0.25) is 14.5 Å². The Balaban J connectivity index is 1.99. The van der Waals surface area contributed by atoms with E-state index in [-0.39, 0.29) is 25.4 Å². The number of carbonyl (C=O) groups excluding carboxylic acids is 2. The Morgan fingerprint density at radius 3 is 2.48 bits per heavy atom. The summed E-state index contributed by atoms with van der Waals surface area (Å²) in [6.45, 7) is 4.71. The Morgan fingerprint density at radius 1 is 1.19 bits per heavy atom. The molecule has 0 aromatic heterocycles. The Hall–Kier alpha value is -2.42. The van der Waals surface area contributed by atoms with E-state index in [2.05, 4.69) is 5.32 Å². The van der Waals surface area contributed by atoms with Crippen molar-refractivity contribution in [1.29, 1.82) is 0 Å². The molecule has 0 radical (unpaired) electrons. The lowest BCUT2D eigenvalue weighted by Crippen LogP contribution is -2.70. The van der Waals surface area contributed by atoms with E-state index in [1.165, 1.54) is 11.8 Å². The summed E-state index contributed by atoms with van der Waals surface area (Å²) in [6.07, 6.45) is 0. The van der Waals surface area contributed by atoms with E-state index in [4.69, 9.17) is 11.6 Å². The van der Waals surface area contributed by atoms with Crippen molar-refractivity contribution in [2.24, 2.45) is 0 Å². The third kappa shape index (κ3) is 4.76. The van der Waals surface area contributed by atoms with Gasteiger partial charge in [0.1, 0.15) is 5.54 Å². The SMILES string of the molecule is CCS(=O)(=O)N1CC(=O)N(c2ccc(C)c(Cl)c2)[C@](C)(C(=O)NCc2ccccc2)C1. The maximum atomic E-state index is 13.4. The third-order valence-corrected chi connectivity index (χ3v) is 7.68. The van der Waals surface area contributed by atoms with E-state index in [0.29, 0.717) is 10.7 Å². The molecule has 1 heterocycles. The highest BCUT2D eigenvalue weighted by atomic mass is 35.5. The van der Waals surface area contributed by atoms with Crippen LogP contribution >= 0.6 is 11.6 Å². The molecule has 1 N–H and O–H groups in total. The second-order valence-electron chi connectivity index (χ2n) is 7.77. The predicted octanol–water partition coefficient (Wildman–Crippen LogP) is 2.72. The fraction of sp³-hybridized carbons (Fsp3) is 0.364. The van der Waals surface area contributed by atoms with Crippen LogP contribution in [-0.2, 0) is 26.2 Å². The summed E-state index contributed by atoms with van der Waals surface area (Å²) < 4.78 is 26.2. The first kappa shape index (κ1) is 23.2. The molecule has 3 rings (SSSR count). The number of rotatable bonds is 6. The minimum atomic E-state index is -3.67. The largest absolute Gasteiger partial charge is 0.350 e. The Labute approximate surface area is 188 Å². The van der Waals surface area contributed by atoms with Crippen LogP contribution < -0.4 is 10.2 Å². The van der Waals surface area contributed by atoms with Gasteiger partial charge < -0.3 is 5.32 Å². The van der Waals surface area contributed by atoms with Crippen LogP contribution in [0.4, 0.5) is 5.69 Å². The zero-order valence-corrected chi connectivity index (χ0v) is 19.3. The number of hydrogen-bond acceptors (Lipinski definition) is 4. The predicted molar refractivity (Wildman–Crippen MR) is 121 cm³/mol. The number of carbonyl (C=O) groups is 2. The highest BCUT2D eigenvalue weighted by Crippen LogP contribution is 2.33. The lowest BCUT2D eigenvalue weighted by Gasteiger charge is -2.46. The summed E-state index contributed by atoms with van der Waals surface area (Å²) >= 11 is 6.27. The summed E-state index contributed by atoms with van der Waals surface area (Å²) in [5.74, 6) is -1.09. The Bertz CT molecular complexity index is 1090. The van der Waals surface area contributed by atoms with Crippen LogP contribution in [-0.4, -0.2) is 48.9 Å².